The lowest BCUT2D eigenvalue weighted by molar-refractivity contribution is 0.0146. The van der Waals surface area contributed by atoms with Crippen LogP contribution in [0, 0.1) is 13.8 Å². The van der Waals surface area contributed by atoms with Crippen LogP contribution >= 0.6 is 24.8 Å². The van der Waals surface area contributed by atoms with Gasteiger partial charge in [-0.05, 0) is 26.7 Å². The van der Waals surface area contributed by atoms with E-state index in [0.29, 0.717) is 5.54 Å². The molecular weight excluding hydrogens is 309 g/mol. The Morgan fingerprint density at radius 2 is 1.90 bits per heavy atom. The Hall–Kier alpha value is -0.290. The smallest absolute Gasteiger partial charge is 0.208 e. The Balaban J connectivity index is 0.00000110. The van der Waals surface area contributed by atoms with Crippen LogP contribution in [0.4, 0.5) is 0 Å². The Labute approximate surface area is 139 Å². The van der Waals surface area contributed by atoms with Crippen molar-refractivity contribution in [1.29, 1.82) is 0 Å². The van der Waals surface area contributed by atoms with Gasteiger partial charge in [0.15, 0.2) is 0 Å². The second kappa shape index (κ2) is 7.82. The molecule has 2 aliphatic rings. The molecule has 0 unspecified atom stereocenters. The molecule has 1 aliphatic heterocycles. The summed E-state index contributed by atoms with van der Waals surface area (Å²) in [4.78, 5) is 7.17. The lowest BCUT2D eigenvalue weighted by Gasteiger charge is -2.49. The number of nitrogens with zero attached hydrogens (tertiary/aromatic N) is 2. The average molecular weight is 336 g/mol. The zero-order chi connectivity index (χ0) is 13.3. The van der Waals surface area contributed by atoms with E-state index in [9.17, 15) is 0 Å². The van der Waals surface area contributed by atoms with Gasteiger partial charge >= 0.3 is 0 Å². The van der Waals surface area contributed by atoms with E-state index in [-0.39, 0.29) is 24.8 Å². The van der Waals surface area contributed by atoms with Crippen molar-refractivity contribution in [2.24, 2.45) is 0 Å². The molecule has 1 spiro atoms. The highest BCUT2D eigenvalue weighted by Gasteiger charge is 2.40. The van der Waals surface area contributed by atoms with Crippen LogP contribution in [0.2, 0.25) is 0 Å². The van der Waals surface area contributed by atoms with E-state index < -0.39 is 0 Å². The fourth-order valence-electron chi connectivity index (χ4n) is 3.60. The molecular formula is C15H27Cl2N3O. The molecule has 1 saturated heterocycles. The summed E-state index contributed by atoms with van der Waals surface area (Å²) >= 11 is 0. The van der Waals surface area contributed by atoms with Crippen LogP contribution in [-0.4, -0.2) is 35.1 Å². The van der Waals surface area contributed by atoms with Gasteiger partial charge in [-0.25, -0.2) is 4.98 Å². The third-order valence-electron chi connectivity index (χ3n) is 4.87. The van der Waals surface area contributed by atoms with Crippen LogP contribution in [0.1, 0.15) is 49.4 Å². The molecule has 2 fully saturated rings. The highest BCUT2D eigenvalue weighted by atomic mass is 35.5. The number of aryl methyl sites for hydroxylation is 2. The monoisotopic (exact) mass is 335 g/mol. The fraction of sp³-hybridized carbons (Fsp3) is 0.800. The fourth-order valence-corrected chi connectivity index (χ4v) is 3.60. The predicted molar refractivity (Wildman–Crippen MR) is 89.6 cm³/mol. The number of rotatable bonds is 2. The van der Waals surface area contributed by atoms with Crippen LogP contribution in [0.25, 0.3) is 0 Å². The van der Waals surface area contributed by atoms with Gasteiger partial charge in [0.1, 0.15) is 5.76 Å². The summed E-state index contributed by atoms with van der Waals surface area (Å²) in [7, 11) is 0. The van der Waals surface area contributed by atoms with Gasteiger partial charge in [0.25, 0.3) is 0 Å². The van der Waals surface area contributed by atoms with Crippen molar-refractivity contribution in [3.8, 4) is 0 Å². The Morgan fingerprint density at radius 3 is 2.52 bits per heavy atom. The number of nitrogens with one attached hydrogen (secondary N) is 1. The summed E-state index contributed by atoms with van der Waals surface area (Å²) in [5, 5.41) is 3.58. The Morgan fingerprint density at radius 1 is 1.19 bits per heavy atom. The van der Waals surface area contributed by atoms with E-state index in [1.54, 1.807) is 0 Å². The first-order chi connectivity index (χ1) is 9.20. The molecule has 0 aromatic carbocycles. The minimum absolute atomic E-state index is 0. The maximum absolute atomic E-state index is 5.78. The normalized spacial score (nSPS) is 21.6. The first-order valence-electron chi connectivity index (χ1n) is 7.58. The molecule has 0 radical (unpaired) electrons. The predicted octanol–water partition coefficient (Wildman–Crippen LogP) is 3.24. The van der Waals surface area contributed by atoms with E-state index in [1.807, 2.05) is 13.8 Å². The van der Waals surface area contributed by atoms with Gasteiger partial charge in [-0.1, -0.05) is 19.3 Å². The van der Waals surface area contributed by atoms with Crippen LogP contribution in [0.5, 0.6) is 0 Å². The van der Waals surface area contributed by atoms with Crippen molar-refractivity contribution in [2.45, 2.75) is 58.0 Å². The number of hydrogen-bond donors (Lipinski definition) is 1. The molecule has 1 aromatic rings. The van der Waals surface area contributed by atoms with Crippen molar-refractivity contribution in [3.63, 3.8) is 0 Å². The summed E-state index contributed by atoms with van der Waals surface area (Å²) < 4.78 is 5.78. The van der Waals surface area contributed by atoms with Gasteiger partial charge < -0.3 is 9.73 Å². The molecule has 1 aliphatic carbocycles. The summed E-state index contributed by atoms with van der Waals surface area (Å²) in [6, 6.07) is 0. The van der Waals surface area contributed by atoms with Gasteiger partial charge in [0.05, 0.1) is 12.2 Å². The van der Waals surface area contributed by atoms with Crippen molar-refractivity contribution >= 4 is 24.8 Å². The van der Waals surface area contributed by atoms with Crippen LogP contribution in [0.3, 0.4) is 0 Å². The maximum atomic E-state index is 5.78. The molecule has 1 N–H and O–H groups in total. The molecule has 122 valence electrons. The van der Waals surface area contributed by atoms with Gasteiger partial charge in [-0.3, -0.25) is 4.90 Å². The lowest BCUT2D eigenvalue weighted by atomic mass is 9.79. The zero-order valence-corrected chi connectivity index (χ0v) is 14.6. The van der Waals surface area contributed by atoms with Gasteiger partial charge in [-0.15, -0.1) is 24.8 Å². The third-order valence-corrected chi connectivity index (χ3v) is 4.87. The minimum Gasteiger partial charge on any atom is -0.444 e. The van der Waals surface area contributed by atoms with Crippen LogP contribution < -0.4 is 5.32 Å². The van der Waals surface area contributed by atoms with Crippen molar-refractivity contribution in [3.05, 3.63) is 17.3 Å². The standard InChI is InChI=1S/C15H25N3O.2ClH/c1-12-13(2)19-14(17-12)10-18-9-8-16-11-15(18)6-4-3-5-7-15;;/h16H,3-11H2,1-2H3;2*1H. The molecule has 1 saturated carbocycles. The summed E-state index contributed by atoms with van der Waals surface area (Å²) in [6.45, 7) is 8.22. The van der Waals surface area contributed by atoms with Gasteiger partial charge in [0.2, 0.25) is 5.89 Å². The summed E-state index contributed by atoms with van der Waals surface area (Å²) in [5.74, 6) is 1.85. The SMILES string of the molecule is Cc1nc(CN2CCNCC23CCCCC3)oc1C.Cl.Cl. The van der Waals surface area contributed by atoms with Crippen molar-refractivity contribution in [2.75, 3.05) is 19.6 Å². The number of aromatic nitrogens is 1. The van der Waals surface area contributed by atoms with E-state index in [0.717, 1.165) is 43.5 Å². The highest BCUT2D eigenvalue weighted by Crippen LogP contribution is 2.35. The quantitative estimate of drug-likeness (QED) is 0.900. The number of piperazine rings is 1. The number of oxazole rings is 1. The maximum Gasteiger partial charge on any atom is 0.208 e. The van der Waals surface area contributed by atoms with Crippen molar-refractivity contribution in [1.82, 2.24) is 15.2 Å². The molecule has 21 heavy (non-hydrogen) atoms. The zero-order valence-electron chi connectivity index (χ0n) is 13.0. The molecule has 4 nitrogen and oxygen atoms in total. The number of halogens is 2. The molecule has 3 rings (SSSR count). The first kappa shape index (κ1) is 18.8. The van der Waals surface area contributed by atoms with Crippen LogP contribution in [-0.2, 0) is 6.54 Å². The second-order valence-electron chi connectivity index (χ2n) is 6.13. The van der Waals surface area contributed by atoms with Crippen LogP contribution in [0.15, 0.2) is 4.42 Å². The Kier molecular flexibility index (Phi) is 6.98. The molecule has 2 heterocycles. The molecule has 1 aromatic heterocycles. The summed E-state index contributed by atoms with van der Waals surface area (Å²) in [6.07, 6.45) is 6.76. The molecule has 0 amide bonds. The van der Waals surface area contributed by atoms with Crippen molar-refractivity contribution < 1.29 is 4.42 Å². The first-order valence-corrected chi connectivity index (χ1v) is 7.58. The molecule has 0 atom stereocenters. The Bertz CT molecular complexity index is 416. The molecule has 0 bridgehead atoms. The topological polar surface area (TPSA) is 41.3 Å². The molecule has 6 heteroatoms. The van der Waals surface area contributed by atoms with E-state index >= 15 is 0 Å². The van der Waals surface area contributed by atoms with E-state index in [1.165, 1.54) is 32.1 Å². The lowest BCUT2D eigenvalue weighted by Crippen LogP contribution is -2.61. The second-order valence-corrected chi connectivity index (χ2v) is 6.13. The van der Waals surface area contributed by atoms with E-state index in [2.05, 4.69) is 15.2 Å². The highest BCUT2D eigenvalue weighted by molar-refractivity contribution is 5.85. The largest absolute Gasteiger partial charge is 0.444 e. The third kappa shape index (κ3) is 3.92. The van der Waals surface area contributed by atoms with E-state index in [4.69, 9.17) is 4.42 Å². The summed E-state index contributed by atoms with van der Waals surface area (Å²) in [5.41, 5.74) is 1.38. The minimum atomic E-state index is 0. The van der Waals surface area contributed by atoms with Gasteiger partial charge in [0, 0.05) is 25.2 Å². The van der Waals surface area contributed by atoms with Gasteiger partial charge in [-0.2, -0.15) is 0 Å². The number of hydrogen-bond acceptors (Lipinski definition) is 4. The average Bonchev–Trinajstić information content (AvgIpc) is 2.73.